The summed E-state index contributed by atoms with van der Waals surface area (Å²) in [6.45, 7) is 1.48. The second kappa shape index (κ2) is 10.1. The number of ether oxygens (including phenoxy) is 1. The first kappa shape index (κ1) is 21.6. The van der Waals surface area contributed by atoms with Crippen LogP contribution in [0, 0.1) is 0 Å². The van der Waals surface area contributed by atoms with Gasteiger partial charge in [-0.3, -0.25) is 4.79 Å². The Morgan fingerprint density at radius 3 is 2.35 bits per heavy atom. The summed E-state index contributed by atoms with van der Waals surface area (Å²) in [4.78, 5) is 17.3. The van der Waals surface area contributed by atoms with Crippen molar-refractivity contribution in [3.63, 3.8) is 0 Å². The molecule has 3 aromatic carbocycles. The molecule has 1 N–H and O–H groups in total. The minimum absolute atomic E-state index is 0.210. The summed E-state index contributed by atoms with van der Waals surface area (Å²) >= 11 is 0. The topological polar surface area (TPSA) is 68.5 Å². The van der Waals surface area contributed by atoms with Crippen LogP contribution in [0.3, 0.4) is 0 Å². The second-order valence-electron chi connectivity index (χ2n) is 7.97. The molecule has 168 valence electrons. The average molecular weight is 449 g/mol. The number of hydrogen-bond donors (Lipinski definition) is 1. The van der Waals surface area contributed by atoms with E-state index in [4.69, 9.17) is 4.74 Å². The van der Waals surface area contributed by atoms with Crippen molar-refractivity contribution in [2.75, 3.05) is 0 Å². The predicted octanol–water partition coefficient (Wildman–Crippen LogP) is 5.04. The molecule has 5 rings (SSSR count). The first-order valence-electron chi connectivity index (χ1n) is 11.1. The van der Waals surface area contributed by atoms with Crippen molar-refractivity contribution in [2.45, 2.75) is 19.8 Å². The molecule has 0 aliphatic rings. The second-order valence-corrected chi connectivity index (χ2v) is 7.97. The van der Waals surface area contributed by atoms with Gasteiger partial charge in [-0.25, -0.2) is 9.50 Å². The molecule has 2 aromatic heterocycles. The molecule has 2 heterocycles. The fourth-order valence-electron chi connectivity index (χ4n) is 3.85. The van der Waals surface area contributed by atoms with Gasteiger partial charge < -0.3 is 10.1 Å². The molecule has 5 aromatic rings. The Morgan fingerprint density at radius 1 is 0.824 bits per heavy atom. The third-order valence-electron chi connectivity index (χ3n) is 5.54. The van der Waals surface area contributed by atoms with Crippen LogP contribution in [0.25, 0.3) is 16.9 Å². The van der Waals surface area contributed by atoms with Gasteiger partial charge in [-0.05, 0) is 22.8 Å². The lowest BCUT2D eigenvalue weighted by Crippen LogP contribution is -2.22. The highest BCUT2D eigenvalue weighted by molar-refractivity contribution is 5.99. The summed E-state index contributed by atoms with van der Waals surface area (Å²) in [5, 5.41) is 7.41. The molecular weight excluding hydrogens is 424 g/mol. The van der Waals surface area contributed by atoms with Crippen molar-refractivity contribution in [1.29, 1.82) is 0 Å². The molecule has 0 radical (unpaired) electrons. The van der Waals surface area contributed by atoms with Gasteiger partial charge in [-0.1, -0.05) is 84.9 Å². The smallest absolute Gasteiger partial charge is 0.257 e. The number of aromatic nitrogens is 3. The van der Waals surface area contributed by atoms with E-state index < -0.39 is 0 Å². The summed E-state index contributed by atoms with van der Waals surface area (Å²) in [6, 6.07) is 29.9. The van der Waals surface area contributed by atoms with Crippen LogP contribution in [0.2, 0.25) is 0 Å². The molecule has 6 nitrogen and oxygen atoms in total. The highest BCUT2D eigenvalue weighted by Gasteiger charge is 2.16. The van der Waals surface area contributed by atoms with E-state index in [1.807, 2.05) is 91.0 Å². The molecule has 1 amide bonds. The Morgan fingerprint density at radius 2 is 1.53 bits per heavy atom. The SMILES string of the molecule is O=C(NCc1cccc(COCc2ccccc2)c1)c1cnn2c(-c3ccccc3)ccnc12. The molecule has 0 fully saturated rings. The van der Waals surface area contributed by atoms with E-state index in [0.717, 1.165) is 27.9 Å². The lowest BCUT2D eigenvalue weighted by atomic mass is 10.1. The number of nitrogens with one attached hydrogen (secondary N) is 1. The maximum atomic E-state index is 12.9. The van der Waals surface area contributed by atoms with Crippen molar-refractivity contribution < 1.29 is 9.53 Å². The highest BCUT2D eigenvalue weighted by atomic mass is 16.5. The Hall–Kier alpha value is -4.29. The molecule has 0 bridgehead atoms. The summed E-state index contributed by atoms with van der Waals surface area (Å²) < 4.78 is 7.54. The molecule has 0 aliphatic heterocycles. The maximum Gasteiger partial charge on any atom is 0.257 e. The largest absolute Gasteiger partial charge is 0.372 e. The summed E-state index contributed by atoms with van der Waals surface area (Å²) in [6.07, 6.45) is 3.27. The summed E-state index contributed by atoms with van der Waals surface area (Å²) in [5.41, 5.74) is 6.07. The van der Waals surface area contributed by atoms with E-state index in [0.29, 0.717) is 31.0 Å². The molecule has 0 unspecified atom stereocenters. The first-order valence-corrected chi connectivity index (χ1v) is 11.1. The Kier molecular flexibility index (Phi) is 6.40. The number of nitrogens with zero attached hydrogens (tertiary/aromatic N) is 3. The van der Waals surface area contributed by atoms with E-state index in [9.17, 15) is 4.79 Å². The van der Waals surface area contributed by atoms with Crippen LogP contribution < -0.4 is 5.32 Å². The quantitative estimate of drug-likeness (QED) is 0.361. The lowest BCUT2D eigenvalue weighted by molar-refractivity contribution is 0.0952. The number of carbonyl (C=O) groups is 1. The van der Waals surface area contributed by atoms with Crippen molar-refractivity contribution >= 4 is 11.6 Å². The zero-order valence-corrected chi connectivity index (χ0v) is 18.6. The first-order chi connectivity index (χ1) is 16.8. The van der Waals surface area contributed by atoms with E-state index >= 15 is 0 Å². The summed E-state index contributed by atoms with van der Waals surface area (Å²) in [7, 11) is 0. The Balaban J connectivity index is 1.24. The van der Waals surface area contributed by atoms with E-state index in [2.05, 4.69) is 15.4 Å². The molecule has 34 heavy (non-hydrogen) atoms. The molecule has 0 saturated carbocycles. The van der Waals surface area contributed by atoms with E-state index in [1.165, 1.54) is 0 Å². The zero-order chi connectivity index (χ0) is 23.2. The average Bonchev–Trinajstić information content (AvgIpc) is 3.33. The standard InChI is InChI=1S/C28H24N4O2/c33-28(25-18-31-32-26(14-15-29-27(25)32)24-12-5-2-6-13-24)30-17-22-10-7-11-23(16-22)20-34-19-21-8-3-1-4-9-21/h1-16,18H,17,19-20H2,(H,30,33). The Bertz CT molecular complexity index is 1400. The van der Waals surface area contributed by atoms with Gasteiger partial charge in [0.1, 0.15) is 5.56 Å². The number of rotatable bonds is 8. The maximum absolute atomic E-state index is 12.9. The predicted molar refractivity (Wildman–Crippen MR) is 131 cm³/mol. The van der Waals surface area contributed by atoms with Gasteiger partial charge in [0.15, 0.2) is 5.65 Å². The third-order valence-corrected chi connectivity index (χ3v) is 5.54. The fraction of sp³-hybridized carbons (Fsp3) is 0.107. The van der Waals surface area contributed by atoms with Crippen molar-refractivity contribution in [3.8, 4) is 11.3 Å². The van der Waals surface area contributed by atoms with Crippen LogP contribution in [0.4, 0.5) is 0 Å². The van der Waals surface area contributed by atoms with Crippen molar-refractivity contribution in [3.05, 3.63) is 126 Å². The van der Waals surface area contributed by atoms with Crippen LogP contribution in [0.1, 0.15) is 27.0 Å². The van der Waals surface area contributed by atoms with Gasteiger partial charge >= 0.3 is 0 Å². The minimum Gasteiger partial charge on any atom is -0.372 e. The molecular formula is C28H24N4O2. The van der Waals surface area contributed by atoms with Crippen LogP contribution in [-0.2, 0) is 24.5 Å². The third kappa shape index (κ3) is 4.87. The van der Waals surface area contributed by atoms with Gasteiger partial charge in [0.2, 0.25) is 0 Å². The van der Waals surface area contributed by atoms with Gasteiger partial charge in [-0.2, -0.15) is 5.10 Å². The zero-order valence-electron chi connectivity index (χ0n) is 18.6. The van der Waals surface area contributed by atoms with Gasteiger partial charge in [0.05, 0.1) is 25.1 Å². The van der Waals surface area contributed by atoms with Gasteiger partial charge in [0, 0.05) is 18.3 Å². The minimum atomic E-state index is -0.210. The lowest BCUT2D eigenvalue weighted by Gasteiger charge is -2.08. The monoisotopic (exact) mass is 448 g/mol. The van der Waals surface area contributed by atoms with Crippen LogP contribution in [0.5, 0.6) is 0 Å². The van der Waals surface area contributed by atoms with Crippen LogP contribution in [-0.4, -0.2) is 20.5 Å². The van der Waals surface area contributed by atoms with Crippen LogP contribution >= 0.6 is 0 Å². The Labute approximate surface area is 197 Å². The fourth-order valence-corrected chi connectivity index (χ4v) is 3.85. The van der Waals surface area contributed by atoms with Crippen LogP contribution in [0.15, 0.2) is 103 Å². The van der Waals surface area contributed by atoms with E-state index in [-0.39, 0.29) is 5.91 Å². The molecule has 0 saturated heterocycles. The highest BCUT2D eigenvalue weighted by Crippen LogP contribution is 2.20. The van der Waals surface area contributed by atoms with E-state index in [1.54, 1.807) is 16.9 Å². The molecule has 0 atom stereocenters. The number of benzene rings is 3. The number of amides is 1. The number of fused-ring (bicyclic) bond motifs is 1. The molecule has 0 spiro atoms. The van der Waals surface area contributed by atoms with Crippen molar-refractivity contribution in [2.24, 2.45) is 0 Å². The van der Waals surface area contributed by atoms with Gasteiger partial charge in [-0.15, -0.1) is 0 Å². The summed E-state index contributed by atoms with van der Waals surface area (Å²) in [5.74, 6) is -0.210. The normalized spacial score (nSPS) is 10.9. The number of carbonyl (C=O) groups excluding carboxylic acids is 1. The van der Waals surface area contributed by atoms with Gasteiger partial charge in [0.25, 0.3) is 5.91 Å². The van der Waals surface area contributed by atoms with Crippen molar-refractivity contribution in [1.82, 2.24) is 19.9 Å². The molecule has 6 heteroatoms. The molecule has 0 aliphatic carbocycles. The number of hydrogen-bond acceptors (Lipinski definition) is 4.